The highest BCUT2D eigenvalue weighted by Gasteiger charge is 2.33. The number of nitrogens with two attached hydrogens (primary N) is 1. The lowest BCUT2D eigenvalue weighted by Gasteiger charge is -2.23. The molecule has 234 valence electrons. The fourth-order valence-corrected chi connectivity index (χ4v) is 6.45. The smallest absolute Gasteiger partial charge is 0.319 e. The summed E-state index contributed by atoms with van der Waals surface area (Å²) in [5.74, 6) is -0.673. The number of sulfonamides is 1. The van der Waals surface area contributed by atoms with Gasteiger partial charge in [-0.2, -0.15) is 0 Å². The van der Waals surface area contributed by atoms with Crippen molar-refractivity contribution in [3.8, 4) is 0 Å². The van der Waals surface area contributed by atoms with Crippen LogP contribution in [0.5, 0.6) is 0 Å². The predicted molar refractivity (Wildman–Crippen MR) is 174 cm³/mol. The maximum atomic E-state index is 14.2. The van der Waals surface area contributed by atoms with Gasteiger partial charge in [0.2, 0.25) is 0 Å². The van der Waals surface area contributed by atoms with Gasteiger partial charge in [0.05, 0.1) is 41.9 Å². The van der Waals surface area contributed by atoms with E-state index in [2.05, 4.69) is 10.3 Å². The molecule has 0 aliphatic rings. The van der Waals surface area contributed by atoms with Crippen LogP contribution in [0.2, 0.25) is 0 Å². The number of nitrogens with one attached hydrogen (secondary N) is 2. The van der Waals surface area contributed by atoms with Crippen LogP contribution in [0.3, 0.4) is 0 Å². The van der Waals surface area contributed by atoms with Crippen molar-refractivity contribution in [2.45, 2.75) is 18.2 Å². The van der Waals surface area contributed by atoms with E-state index in [0.29, 0.717) is 28.7 Å². The number of pyridine rings is 1. The molecule has 2 aromatic heterocycles. The minimum atomic E-state index is -4.47. The number of carbonyl (C=O) groups is 2. The minimum absolute atomic E-state index is 0. The first-order chi connectivity index (χ1) is 21.1. The van der Waals surface area contributed by atoms with Crippen molar-refractivity contribution in [3.63, 3.8) is 0 Å². The fourth-order valence-electron chi connectivity index (χ4n) is 4.86. The summed E-state index contributed by atoms with van der Waals surface area (Å²) in [6.07, 6.45) is 1.96. The molecule has 2 heterocycles. The molecular formula is C31H32ClN7O5S. The molecule has 45 heavy (non-hydrogen) atoms. The number of hydrogen-bond donors (Lipinski definition) is 3. The lowest BCUT2D eigenvalue weighted by atomic mass is 10.1. The lowest BCUT2D eigenvalue weighted by molar-refractivity contribution is -0.141. The molecule has 0 bridgehead atoms. The van der Waals surface area contributed by atoms with Gasteiger partial charge in [-0.25, -0.2) is 17.7 Å². The molecule has 5 rings (SSSR count). The van der Waals surface area contributed by atoms with Crippen molar-refractivity contribution in [1.29, 1.82) is 5.41 Å². The Labute approximate surface area is 266 Å². The second kappa shape index (κ2) is 13.8. The summed E-state index contributed by atoms with van der Waals surface area (Å²) in [4.78, 5) is 34.3. The first-order valence-corrected chi connectivity index (χ1v) is 15.2. The molecule has 0 spiro atoms. The van der Waals surface area contributed by atoms with Gasteiger partial charge in [0, 0.05) is 30.6 Å². The number of nitrogens with zero attached hydrogens (tertiary/aromatic N) is 4. The Balaban J connectivity index is 0.00000461. The molecule has 0 unspecified atom stereocenters. The Morgan fingerprint density at radius 2 is 1.78 bits per heavy atom. The van der Waals surface area contributed by atoms with Crippen molar-refractivity contribution in [3.05, 3.63) is 95.9 Å². The Kier molecular flexibility index (Phi) is 10.2. The summed E-state index contributed by atoms with van der Waals surface area (Å²) >= 11 is 0. The number of amides is 1. The number of anilines is 1. The third-order valence-corrected chi connectivity index (χ3v) is 8.79. The van der Waals surface area contributed by atoms with E-state index in [-0.39, 0.29) is 47.5 Å². The van der Waals surface area contributed by atoms with E-state index in [1.807, 2.05) is 23.7 Å². The molecule has 1 amide bonds. The standard InChI is InChI=1S/C31H31N7O5S.ClH/c1-3-43-29(40)19-34-18-28(39)38(44(41,42)26-8-4-6-21-7-5-15-35-30(21)26)23-13-14-25-24(17-23)36-27(37(25)2)16-20-9-11-22(12-10-20)31(32)33;/h4-15,17,34H,3,16,18-19H2,1-2H3,(H3,32,33);1H. The van der Waals surface area contributed by atoms with Crippen molar-refractivity contribution >= 4 is 67.8 Å². The Hall–Kier alpha value is -4.85. The number of nitrogen functional groups attached to an aromatic ring is 1. The molecular weight excluding hydrogens is 618 g/mol. The van der Waals surface area contributed by atoms with Gasteiger partial charge in [0.1, 0.15) is 16.6 Å². The third kappa shape index (κ3) is 6.95. The number of para-hydroxylation sites is 1. The van der Waals surface area contributed by atoms with Crippen LogP contribution in [-0.2, 0) is 37.8 Å². The van der Waals surface area contributed by atoms with Crippen LogP contribution >= 0.6 is 12.4 Å². The zero-order valence-corrected chi connectivity index (χ0v) is 26.2. The van der Waals surface area contributed by atoms with Crippen molar-refractivity contribution < 1.29 is 22.7 Å². The van der Waals surface area contributed by atoms with Gasteiger partial charge >= 0.3 is 5.97 Å². The molecule has 0 saturated carbocycles. The van der Waals surface area contributed by atoms with Crippen LogP contribution in [0.1, 0.15) is 23.9 Å². The monoisotopic (exact) mass is 649 g/mol. The van der Waals surface area contributed by atoms with Crippen LogP contribution in [-0.4, -0.2) is 60.4 Å². The summed E-state index contributed by atoms with van der Waals surface area (Å²) < 4.78 is 35.9. The number of hydrogen-bond acceptors (Lipinski definition) is 9. The summed E-state index contributed by atoms with van der Waals surface area (Å²) in [6, 6.07) is 20.3. The largest absolute Gasteiger partial charge is 0.465 e. The highest BCUT2D eigenvalue weighted by molar-refractivity contribution is 7.93. The van der Waals surface area contributed by atoms with Crippen LogP contribution in [0.4, 0.5) is 5.69 Å². The van der Waals surface area contributed by atoms with Crippen LogP contribution in [0, 0.1) is 5.41 Å². The third-order valence-electron chi connectivity index (χ3n) is 7.01. The number of aryl methyl sites for hydroxylation is 1. The molecule has 0 aliphatic carbocycles. The van der Waals surface area contributed by atoms with E-state index in [1.165, 1.54) is 12.3 Å². The minimum Gasteiger partial charge on any atom is -0.465 e. The quantitative estimate of drug-likeness (QED) is 0.110. The summed E-state index contributed by atoms with van der Waals surface area (Å²) in [5.41, 5.74) is 8.67. The number of benzene rings is 3. The van der Waals surface area contributed by atoms with E-state index < -0.39 is 28.4 Å². The number of ether oxygens (including phenoxy) is 1. The average molecular weight is 650 g/mol. The Morgan fingerprint density at radius 1 is 1.04 bits per heavy atom. The normalized spacial score (nSPS) is 11.2. The molecule has 14 heteroatoms. The first-order valence-electron chi connectivity index (χ1n) is 13.8. The molecule has 12 nitrogen and oxygen atoms in total. The van der Waals surface area contributed by atoms with E-state index in [9.17, 15) is 18.0 Å². The molecule has 0 atom stereocenters. The summed E-state index contributed by atoms with van der Waals surface area (Å²) in [7, 11) is -2.61. The topological polar surface area (TPSA) is 173 Å². The molecule has 4 N–H and O–H groups in total. The fraction of sp³-hybridized carbons (Fsp3) is 0.194. The van der Waals surface area contributed by atoms with Crippen molar-refractivity contribution in [1.82, 2.24) is 19.9 Å². The van der Waals surface area contributed by atoms with Crippen LogP contribution in [0.15, 0.2) is 83.9 Å². The van der Waals surface area contributed by atoms with Gasteiger partial charge in [-0.15, -0.1) is 12.4 Å². The van der Waals surface area contributed by atoms with Gasteiger partial charge in [-0.3, -0.25) is 25.3 Å². The Bertz CT molecular complexity index is 1990. The van der Waals surface area contributed by atoms with Crippen molar-refractivity contribution in [2.24, 2.45) is 12.8 Å². The maximum Gasteiger partial charge on any atom is 0.319 e. The zero-order valence-electron chi connectivity index (χ0n) is 24.6. The summed E-state index contributed by atoms with van der Waals surface area (Å²) in [5, 5.41) is 10.9. The average Bonchev–Trinajstić information content (AvgIpc) is 3.31. The number of esters is 1. The number of fused-ring (bicyclic) bond motifs is 2. The second-order valence-corrected chi connectivity index (χ2v) is 11.7. The molecule has 0 aliphatic heterocycles. The molecule has 0 radical (unpaired) electrons. The molecule has 0 fully saturated rings. The summed E-state index contributed by atoms with van der Waals surface area (Å²) in [6.45, 7) is 1.13. The van der Waals surface area contributed by atoms with E-state index in [1.54, 1.807) is 61.5 Å². The van der Waals surface area contributed by atoms with E-state index in [4.69, 9.17) is 20.9 Å². The van der Waals surface area contributed by atoms with Crippen molar-refractivity contribution in [2.75, 3.05) is 24.0 Å². The SMILES string of the molecule is CCOC(=O)CNCC(=O)N(c1ccc2c(c1)nc(Cc1ccc(C(=N)N)cc1)n2C)S(=O)(=O)c1cccc2cccnc12.Cl. The van der Waals surface area contributed by atoms with Gasteiger partial charge in [0.25, 0.3) is 15.9 Å². The number of amidine groups is 1. The van der Waals surface area contributed by atoms with Crippen LogP contribution < -0.4 is 15.4 Å². The first kappa shape index (κ1) is 33.1. The highest BCUT2D eigenvalue weighted by atomic mass is 35.5. The van der Waals surface area contributed by atoms with Gasteiger partial charge in [0.15, 0.2) is 0 Å². The maximum absolute atomic E-state index is 14.2. The molecule has 3 aromatic carbocycles. The Morgan fingerprint density at radius 3 is 2.49 bits per heavy atom. The zero-order chi connectivity index (χ0) is 31.4. The van der Waals surface area contributed by atoms with Gasteiger partial charge in [-0.1, -0.05) is 42.5 Å². The van der Waals surface area contributed by atoms with E-state index in [0.717, 1.165) is 15.4 Å². The number of rotatable bonds is 11. The number of halogens is 1. The number of imidazole rings is 1. The number of carbonyl (C=O) groups excluding carboxylic acids is 2. The van der Waals surface area contributed by atoms with Crippen LogP contribution in [0.25, 0.3) is 21.9 Å². The van der Waals surface area contributed by atoms with Gasteiger partial charge < -0.3 is 15.0 Å². The number of aromatic nitrogens is 3. The highest BCUT2D eigenvalue weighted by Crippen LogP contribution is 2.31. The predicted octanol–water partition coefficient (Wildman–Crippen LogP) is 3.29. The van der Waals surface area contributed by atoms with Gasteiger partial charge in [-0.05, 0) is 42.8 Å². The molecule has 0 saturated heterocycles. The lowest BCUT2D eigenvalue weighted by Crippen LogP contribution is -2.43. The molecule has 5 aromatic rings. The van der Waals surface area contributed by atoms with E-state index >= 15 is 0 Å². The second-order valence-electron chi connectivity index (χ2n) is 9.95.